The van der Waals surface area contributed by atoms with Gasteiger partial charge in [0.2, 0.25) is 5.95 Å². The van der Waals surface area contributed by atoms with Crippen molar-refractivity contribution in [2.75, 3.05) is 23.7 Å². The highest BCUT2D eigenvalue weighted by Gasteiger charge is 2.52. The number of carbonyl (C=O) groups excluding carboxylic acids is 1. The molecule has 1 unspecified atom stereocenters. The van der Waals surface area contributed by atoms with Crippen molar-refractivity contribution in [1.29, 1.82) is 0 Å². The molecule has 2 fully saturated rings. The van der Waals surface area contributed by atoms with Gasteiger partial charge in [0.1, 0.15) is 16.8 Å². The fraction of sp³-hybridized carbons (Fsp3) is 0.370. The van der Waals surface area contributed by atoms with Crippen molar-refractivity contribution in [1.82, 2.24) is 20.6 Å². The largest absolute Gasteiger partial charge is 0.384 e. The van der Waals surface area contributed by atoms with Crippen LogP contribution in [0.5, 0.6) is 0 Å². The number of hydrogen-bond acceptors (Lipinski definition) is 7. The van der Waals surface area contributed by atoms with E-state index in [4.69, 9.17) is 0 Å². The van der Waals surface area contributed by atoms with Crippen LogP contribution in [0.3, 0.4) is 0 Å². The number of hydrogen-bond donors (Lipinski definition) is 3. The number of anilines is 1. The number of aliphatic hydroxyl groups is 1. The number of carbonyl (C=O) groups is 1. The summed E-state index contributed by atoms with van der Waals surface area (Å²) in [6, 6.07) is 19.4. The Morgan fingerprint density at radius 2 is 1.83 bits per heavy atom. The molecule has 7 nitrogen and oxygen atoms in total. The third-order valence-electron chi connectivity index (χ3n) is 6.89. The summed E-state index contributed by atoms with van der Waals surface area (Å²) in [6.07, 6.45) is 0. The summed E-state index contributed by atoms with van der Waals surface area (Å²) in [5, 5.41) is 17.4. The van der Waals surface area contributed by atoms with Gasteiger partial charge < -0.3 is 15.3 Å². The van der Waals surface area contributed by atoms with Crippen molar-refractivity contribution in [3.05, 3.63) is 89.0 Å². The van der Waals surface area contributed by atoms with Crippen molar-refractivity contribution >= 4 is 23.6 Å². The number of halogens is 1. The van der Waals surface area contributed by atoms with E-state index in [1.165, 1.54) is 13.8 Å². The van der Waals surface area contributed by atoms with E-state index in [9.17, 15) is 14.3 Å². The fourth-order valence-corrected chi connectivity index (χ4v) is 6.32. The second kappa shape index (κ2) is 9.46. The summed E-state index contributed by atoms with van der Waals surface area (Å²) in [7, 11) is 0. The molecule has 5 rings (SSSR count). The van der Waals surface area contributed by atoms with Gasteiger partial charge in [-0.05, 0) is 38.5 Å². The predicted octanol–water partition coefficient (Wildman–Crippen LogP) is 3.53. The third-order valence-corrected chi connectivity index (χ3v) is 8.05. The van der Waals surface area contributed by atoms with E-state index >= 15 is 0 Å². The van der Waals surface area contributed by atoms with Crippen LogP contribution in [-0.4, -0.2) is 45.3 Å². The van der Waals surface area contributed by atoms with Crippen molar-refractivity contribution in [2.24, 2.45) is 5.92 Å². The monoisotopic (exact) mass is 507 g/mol. The molecule has 3 heterocycles. The summed E-state index contributed by atoms with van der Waals surface area (Å²) in [6.45, 7) is 5.83. The molecule has 2 aliphatic heterocycles. The van der Waals surface area contributed by atoms with Crippen LogP contribution < -0.4 is 15.5 Å². The van der Waals surface area contributed by atoms with E-state index in [0.717, 1.165) is 11.3 Å². The lowest BCUT2D eigenvalue weighted by molar-refractivity contribution is 0.0691. The number of nitrogens with one attached hydrogen (secondary N) is 2. The number of amides is 1. The van der Waals surface area contributed by atoms with Gasteiger partial charge in [0.25, 0.3) is 5.91 Å². The number of fused-ring (bicyclic) bond motifs is 1. The summed E-state index contributed by atoms with van der Waals surface area (Å²) in [5.41, 5.74) is -0.285. The van der Waals surface area contributed by atoms with Crippen molar-refractivity contribution in [2.45, 2.75) is 37.4 Å². The van der Waals surface area contributed by atoms with Gasteiger partial charge in [0.05, 0.1) is 11.2 Å². The van der Waals surface area contributed by atoms with Gasteiger partial charge in [-0.15, -0.1) is 11.8 Å². The maximum absolute atomic E-state index is 14.8. The average molecular weight is 508 g/mol. The van der Waals surface area contributed by atoms with E-state index in [1.807, 2.05) is 41.3 Å². The Bertz CT molecular complexity index is 1250. The minimum Gasteiger partial charge on any atom is -0.384 e. The lowest BCUT2D eigenvalue weighted by Gasteiger charge is -2.43. The van der Waals surface area contributed by atoms with E-state index in [0.29, 0.717) is 24.6 Å². The number of benzene rings is 2. The Morgan fingerprint density at radius 3 is 2.50 bits per heavy atom. The SMILES string of the molecule is Cc1nc(N2C[C@H]3CSC(NC(=O)c4ccccc4)N[C@@]3(c3ccccc3)C2)nc(C(C)(C)O)c1F. The molecule has 188 valence electrons. The second-order valence-corrected chi connectivity index (χ2v) is 11.1. The molecule has 3 N–H and O–H groups in total. The van der Waals surface area contributed by atoms with Gasteiger partial charge in [-0.25, -0.2) is 14.4 Å². The lowest BCUT2D eigenvalue weighted by Crippen LogP contribution is -2.61. The second-order valence-electron chi connectivity index (χ2n) is 9.94. The summed E-state index contributed by atoms with van der Waals surface area (Å²) >= 11 is 1.66. The molecule has 0 saturated carbocycles. The molecule has 3 aromatic rings. The van der Waals surface area contributed by atoms with E-state index in [1.54, 1.807) is 30.8 Å². The van der Waals surface area contributed by atoms with Crippen LogP contribution >= 0.6 is 11.8 Å². The Labute approximate surface area is 214 Å². The van der Waals surface area contributed by atoms with Crippen LogP contribution in [0.4, 0.5) is 10.3 Å². The minimum atomic E-state index is -1.43. The normalized spacial score (nSPS) is 23.9. The standard InChI is InChI=1S/C27H30FN5O2S/c1-17-21(28)22(26(2,3)35)30-24(29-17)33-14-20-15-36-25(31-23(34)18-10-6-4-7-11-18)32-27(20,16-33)19-12-8-5-9-13-19/h4-13,20,25,32,35H,14-16H2,1-3H3,(H,31,34)/t20-,25?,27+/m0/s1. The molecule has 9 heteroatoms. The molecular formula is C27H30FN5O2S. The van der Waals surface area contributed by atoms with Crippen LogP contribution in [0.1, 0.15) is 41.2 Å². The topological polar surface area (TPSA) is 90.4 Å². The average Bonchev–Trinajstić information content (AvgIpc) is 3.26. The summed E-state index contributed by atoms with van der Waals surface area (Å²) in [5.74, 6) is 0.667. The Kier molecular flexibility index (Phi) is 6.48. The van der Waals surface area contributed by atoms with E-state index in [-0.39, 0.29) is 28.7 Å². The van der Waals surface area contributed by atoms with Crippen LogP contribution in [0.15, 0.2) is 60.7 Å². The highest BCUT2D eigenvalue weighted by molar-refractivity contribution is 7.99. The Morgan fingerprint density at radius 1 is 1.17 bits per heavy atom. The zero-order chi connectivity index (χ0) is 25.5. The van der Waals surface area contributed by atoms with Gasteiger partial charge in [0.15, 0.2) is 5.82 Å². The van der Waals surface area contributed by atoms with Crippen molar-refractivity contribution in [3.63, 3.8) is 0 Å². The molecule has 0 bridgehead atoms. The van der Waals surface area contributed by atoms with Crippen molar-refractivity contribution in [3.8, 4) is 0 Å². The molecule has 0 aliphatic carbocycles. The molecule has 0 spiro atoms. The number of thioether (sulfide) groups is 1. The zero-order valence-corrected chi connectivity index (χ0v) is 21.3. The predicted molar refractivity (Wildman–Crippen MR) is 139 cm³/mol. The quantitative estimate of drug-likeness (QED) is 0.487. The molecule has 3 atom stereocenters. The summed E-state index contributed by atoms with van der Waals surface area (Å²) in [4.78, 5) is 23.8. The van der Waals surface area contributed by atoms with Gasteiger partial charge in [-0.2, -0.15) is 0 Å². The highest BCUT2D eigenvalue weighted by Crippen LogP contribution is 2.44. The van der Waals surface area contributed by atoms with Crippen LogP contribution in [0, 0.1) is 18.7 Å². The van der Waals surface area contributed by atoms with Crippen LogP contribution in [-0.2, 0) is 11.1 Å². The molecule has 2 aliphatic rings. The van der Waals surface area contributed by atoms with Crippen molar-refractivity contribution < 1.29 is 14.3 Å². The van der Waals surface area contributed by atoms with Gasteiger partial charge >= 0.3 is 0 Å². The first kappa shape index (κ1) is 24.7. The van der Waals surface area contributed by atoms with E-state index < -0.39 is 17.0 Å². The molecule has 2 saturated heterocycles. The number of aryl methyl sites for hydroxylation is 1. The Hall–Kier alpha value is -3.01. The fourth-order valence-electron chi connectivity index (χ4n) is 5.02. The maximum Gasteiger partial charge on any atom is 0.253 e. The van der Waals surface area contributed by atoms with Gasteiger partial charge in [-0.3, -0.25) is 10.1 Å². The number of aromatic nitrogens is 2. The van der Waals surface area contributed by atoms with Crippen LogP contribution in [0.25, 0.3) is 0 Å². The molecule has 2 aromatic carbocycles. The molecular weight excluding hydrogens is 477 g/mol. The third kappa shape index (κ3) is 4.58. The minimum absolute atomic E-state index is 0.0102. The number of nitrogens with zero attached hydrogens (tertiary/aromatic N) is 3. The first-order chi connectivity index (χ1) is 17.2. The zero-order valence-electron chi connectivity index (χ0n) is 20.5. The van der Waals surface area contributed by atoms with E-state index in [2.05, 4.69) is 32.7 Å². The molecule has 1 amide bonds. The number of rotatable bonds is 5. The first-order valence-corrected chi connectivity index (χ1v) is 13.0. The smallest absolute Gasteiger partial charge is 0.253 e. The van der Waals surface area contributed by atoms with Gasteiger partial charge in [0, 0.05) is 30.3 Å². The molecule has 1 aromatic heterocycles. The Balaban J connectivity index is 1.47. The lowest BCUT2D eigenvalue weighted by atomic mass is 9.81. The first-order valence-electron chi connectivity index (χ1n) is 12.0. The van der Waals surface area contributed by atoms with Gasteiger partial charge in [-0.1, -0.05) is 48.5 Å². The maximum atomic E-state index is 14.8. The summed E-state index contributed by atoms with van der Waals surface area (Å²) < 4.78 is 14.8. The molecule has 36 heavy (non-hydrogen) atoms. The van der Waals surface area contributed by atoms with Crippen LogP contribution in [0.2, 0.25) is 0 Å². The highest BCUT2D eigenvalue weighted by atomic mass is 32.2. The molecule has 0 radical (unpaired) electrons.